The molecular weight excluding hydrogens is 128 g/mol. The summed E-state index contributed by atoms with van der Waals surface area (Å²) in [6.07, 6.45) is 0. The minimum atomic E-state index is 0. The van der Waals surface area contributed by atoms with Crippen LogP contribution < -0.4 is 0 Å². The van der Waals surface area contributed by atoms with Crippen molar-refractivity contribution in [2.45, 2.75) is 6.92 Å². The summed E-state index contributed by atoms with van der Waals surface area (Å²) in [6.45, 7) is 1.93. The van der Waals surface area contributed by atoms with E-state index in [-0.39, 0.29) is 66.1 Å². The molecule has 0 saturated carbocycles. The second kappa shape index (κ2) is 16.8. The van der Waals surface area contributed by atoms with Crippen LogP contribution in [-0.4, -0.2) is 49.5 Å². The third-order valence-corrected chi connectivity index (χ3v) is 0. The molecule has 0 radical (unpaired) electrons. The van der Waals surface area contributed by atoms with Gasteiger partial charge in [0.2, 0.25) is 0 Å². The van der Waals surface area contributed by atoms with Crippen molar-refractivity contribution in [3.8, 4) is 0 Å². The molecule has 0 aromatic heterocycles. The molecule has 0 aromatic rings. The number of aliphatic hydroxyl groups excluding tert-OH is 1. The van der Waals surface area contributed by atoms with Crippen molar-refractivity contribution in [1.29, 1.82) is 0 Å². The summed E-state index contributed by atoms with van der Waals surface area (Å²) in [6, 6.07) is 0. The predicted molar refractivity (Wildman–Crippen MR) is 21.3 cm³/mol. The minimum absolute atomic E-state index is 0. The van der Waals surface area contributed by atoms with Gasteiger partial charge in [0.25, 0.3) is 0 Å². The summed E-state index contributed by atoms with van der Waals surface area (Å²) in [5, 5.41) is 7.57. The molecule has 0 spiro atoms. The van der Waals surface area contributed by atoms with Crippen molar-refractivity contribution in [2.75, 3.05) is 6.61 Å². The molecule has 0 rings (SSSR count). The fraction of sp³-hybridized carbons (Fsp3) is 1.00. The second-order valence-corrected chi connectivity index (χ2v) is 0.316. The Hall–Kier alpha value is 1.93. The molecular formula is C2H8CaOTi. The number of hydrogen-bond donors (Lipinski definition) is 1. The maximum Gasteiger partial charge on any atom is 0 e. The number of rotatable bonds is 0. The summed E-state index contributed by atoms with van der Waals surface area (Å²) < 4.78 is 0. The van der Waals surface area contributed by atoms with Crippen molar-refractivity contribution >= 4 is 37.7 Å². The average molecular weight is 136 g/mol. The minimum Gasteiger partial charge on any atom is 0 e. The van der Waals surface area contributed by atoms with Gasteiger partial charge in [0, 0.05) is 28.3 Å². The third-order valence-electron chi connectivity index (χ3n) is 0. The number of aliphatic hydroxyl groups is 1. The van der Waals surface area contributed by atoms with E-state index in [4.69, 9.17) is 5.11 Å². The summed E-state index contributed by atoms with van der Waals surface area (Å²) in [5.41, 5.74) is 0. The molecule has 1 N–H and O–H groups in total. The molecule has 0 aliphatic carbocycles. The molecule has 28 valence electrons. The van der Waals surface area contributed by atoms with E-state index in [9.17, 15) is 0 Å². The zero-order valence-corrected chi connectivity index (χ0v) is 4.22. The molecule has 0 amide bonds. The summed E-state index contributed by atoms with van der Waals surface area (Å²) in [4.78, 5) is 0. The van der Waals surface area contributed by atoms with Gasteiger partial charge < -0.3 is 5.11 Å². The van der Waals surface area contributed by atoms with Gasteiger partial charge in [-0.25, -0.2) is 0 Å². The van der Waals surface area contributed by atoms with Gasteiger partial charge in [-0.1, -0.05) is 0 Å². The van der Waals surface area contributed by atoms with Gasteiger partial charge in [-0.05, 0) is 6.92 Å². The van der Waals surface area contributed by atoms with Crippen LogP contribution in [0.15, 0.2) is 0 Å². The van der Waals surface area contributed by atoms with Crippen LogP contribution in [0.1, 0.15) is 6.92 Å². The summed E-state index contributed by atoms with van der Waals surface area (Å²) in [5.74, 6) is 0. The van der Waals surface area contributed by atoms with E-state index in [0.717, 1.165) is 0 Å². The largest absolute Gasteiger partial charge is 0 e. The van der Waals surface area contributed by atoms with Crippen LogP contribution in [0.25, 0.3) is 0 Å². The van der Waals surface area contributed by atoms with Gasteiger partial charge in [0.1, 0.15) is 0 Å². The van der Waals surface area contributed by atoms with Crippen LogP contribution in [-0.2, 0) is 21.7 Å². The average Bonchev–Trinajstić information content (AvgIpc) is 0.918. The van der Waals surface area contributed by atoms with Crippen LogP contribution in [0.3, 0.4) is 0 Å². The van der Waals surface area contributed by atoms with Crippen LogP contribution >= 0.6 is 0 Å². The molecule has 1 nitrogen and oxygen atoms in total. The zero-order chi connectivity index (χ0) is 2.71. The standard InChI is InChI=1S/C2H6O.Ca.Ti.2H/c1-2-3;;;;/h3H,2H2,1H3;;;;. The fourth-order valence-electron chi connectivity index (χ4n) is 0. The van der Waals surface area contributed by atoms with Crippen LogP contribution in [0.4, 0.5) is 0 Å². The van der Waals surface area contributed by atoms with Crippen LogP contribution in [0.2, 0.25) is 0 Å². The summed E-state index contributed by atoms with van der Waals surface area (Å²) in [7, 11) is 0. The maximum atomic E-state index is 7.57. The molecule has 0 unspecified atom stereocenters. The second-order valence-electron chi connectivity index (χ2n) is 0.316. The Bertz CT molecular complexity index is 9.61. The van der Waals surface area contributed by atoms with E-state index in [2.05, 4.69) is 0 Å². The van der Waals surface area contributed by atoms with E-state index in [0.29, 0.717) is 0 Å². The Morgan fingerprint density at radius 2 is 1.60 bits per heavy atom. The van der Waals surface area contributed by atoms with Crippen molar-refractivity contribution in [3.63, 3.8) is 0 Å². The normalized spacial score (nSPS) is 3.60. The van der Waals surface area contributed by atoms with Crippen LogP contribution in [0, 0.1) is 0 Å². The molecule has 0 aliphatic rings. The van der Waals surface area contributed by atoms with Crippen molar-refractivity contribution < 1.29 is 26.8 Å². The Morgan fingerprint density at radius 1 is 1.60 bits per heavy atom. The molecule has 0 bridgehead atoms. The monoisotopic (exact) mass is 136 g/mol. The van der Waals surface area contributed by atoms with Gasteiger partial charge in [-0.3, -0.25) is 0 Å². The van der Waals surface area contributed by atoms with Crippen molar-refractivity contribution in [2.24, 2.45) is 0 Å². The molecule has 3 heteroatoms. The first-order chi connectivity index (χ1) is 1.41. The smallest absolute Gasteiger partial charge is 0 e. The fourth-order valence-corrected chi connectivity index (χ4v) is 0. The van der Waals surface area contributed by atoms with E-state index in [1.54, 1.807) is 6.92 Å². The first kappa shape index (κ1) is 15.8. The van der Waals surface area contributed by atoms with Gasteiger partial charge in [0.05, 0.1) is 0 Å². The molecule has 0 atom stereocenters. The molecule has 0 fully saturated rings. The van der Waals surface area contributed by atoms with E-state index in [1.807, 2.05) is 0 Å². The van der Waals surface area contributed by atoms with Crippen LogP contribution in [0.5, 0.6) is 0 Å². The van der Waals surface area contributed by atoms with Gasteiger partial charge >= 0.3 is 37.7 Å². The van der Waals surface area contributed by atoms with Gasteiger partial charge in [0.15, 0.2) is 0 Å². The van der Waals surface area contributed by atoms with E-state index < -0.39 is 0 Å². The Balaban J connectivity index is -0.0000000200. The molecule has 0 aliphatic heterocycles. The van der Waals surface area contributed by atoms with E-state index in [1.165, 1.54) is 0 Å². The molecule has 0 aromatic carbocycles. The van der Waals surface area contributed by atoms with Gasteiger partial charge in [-0.15, -0.1) is 0 Å². The number of hydrogen-bond acceptors (Lipinski definition) is 1. The Morgan fingerprint density at radius 3 is 1.60 bits per heavy atom. The Kier molecular flexibility index (Phi) is 52.9. The Labute approximate surface area is 77.0 Å². The summed E-state index contributed by atoms with van der Waals surface area (Å²) >= 11 is 0. The SMILES string of the molecule is CCO.[CaH2].[Ti]. The molecule has 0 heterocycles. The van der Waals surface area contributed by atoms with Gasteiger partial charge in [-0.2, -0.15) is 0 Å². The predicted octanol–water partition coefficient (Wildman–Crippen LogP) is -0.920. The molecule has 0 saturated heterocycles. The topological polar surface area (TPSA) is 20.2 Å². The maximum absolute atomic E-state index is 7.57. The quantitative estimate of drug-likeness (QED) is 0.427. The first-order valence-electron chi connectivity index (χ1n) is 1.02. The zero-order valence-electron chi connectivity index (χ0n) is 2.65. The third kappa shape index (κ3) is 24.6. The first-order valence-corrected chi connectivity index (χ1v) is 1.02. The van der Waals surface area contributed by atoms with Crippen molar-refractivity contribution in [1.82, 2.24) is 0 Å². The molecule has 5 heavy (non-hydrogen) atoms. The van der Waals surface area contributed by atoms with Crippen molar-refractivity contribution in [3.05, 3.63) is 0 Å². The van der Waals surface area contributed by atoms with E-state index >= 15 is 0 Å².